The zero-order chi connectivity index (χ0) is 14.3. The Morgan fingerprint density at radius 1 is 1.16 bits per heavy atom. The van der Waals surface area contributed by atoms with Crippen LogP contribution < -0.4 is 10.1 Å². The van der Waals surface area contributed by atoms with Crippen LogP contribution in [-0.4, -0.2) is 19.2 Å². The minimum atomic E-state index is -4.30. The molecule has 0 aliphatic rings. The number of hydrogen-bond donors (Lipinski definition) is 1. The predicted molar refractivity (Wildman–Crippen MR) is 69.3 cm³/mol. The molecule has 19 heavy (non-hydrogen) atoms. The fraction of sp³-hybridized carbons (Fsp3) is 0.571. The Morgan fingerprint density at radius 3 is 2.26 bits per heavy atom. The molecule has 1 unspecified atom stereocenters. The first-order valence-electron chi connectivity index (χ1n) is 6.52. The summed E-state index contributed by atoms with van der Waals surface area (Å²) in [5.41, 5.74) is -0.656. The van der Waals surface area contributed by atoms with Gasteiger partial charge in [-0.1, -0.05) is 13.8 Å². The summed E-state index contributed by atoms with van der Waals surface area (Å²) in [6, 6.07) is 4.82. The highest BCUT2D eigenvalue weighted by molar-refractivity contribution is 5.29. The zero-order valence-electron chi connectivity index (χ0n) is 11.3. The van der Waals surface area contributed by atoms with E-state index >= 15 is 0 Å². The van der Waals surface area contributed by atoms with E-state index < -0.39 is 11.7 Å². The SMILES string of the molecule is CCCNCC(CC)Oc1ccc(C(F)(F)F)cc1. The Hall–Kier alpha value is -1.23. The molecule has 0 aliphatic carbocycles. The Bertz CT molecular complexity index is 362. The predicted octanol–water partition coefficient (Wildman–Crippen LogP) is 3.86. The zero-order valence-corrected chi connectivity index (χ0v) is 11.3. The number of nitrogens with one attached hydrogen (secondary N) is 1. The van der Waals surface area contributed by atoms with Crippen LogP contribution in [0.1, 0.15) is 32.3 Å². The smallest absolute Gasteiger partial charge is 0.416 e. The molecule has 5 heteroatoms. The minimum Gasteiger partial charge on any atom is -0.489 e. The van der Waals surface area contributed by atoms with Crippen molar-refractivity contribution in [1.29, 1.82) is 0 Å². The van der Waals surface area contributed by atoms with Crippen LogP contribution in [0.15, 0.2) is 24.3 Å². The maximum atomic E-state index is 12.4. The summed E-state index contributed by atoms with van der Waals surface area (Å²) < 4.78 is 42.9. The molecule has 1 N–H and O–H groups in total. The largest absolute Gasteiger partial charge is 0.489 e. The fourth-order valence-corrected chi connectivity index (χ4v) is 1.62. The van der Waals surface area contributed by atoms with Gasteiger partial charge in [0.05, 0.1) is 5.56 Å². The van der Waals surface area contributed by atoms with E-state index in [0.29, 0.717) is 12.3 Å². The lowest BCUT2D eigenvalue weighted by Crippen LogP contribution is -2.31. The molecule has 0 heterocycles. The molecule has 0 amide bonds. The van der Waals surface area contributed by atoms with Gasteiger partial charge in [0.15, 0.2) is 0 Å². The second-order valence-electron chi connectivity index (χ2n) is 4.37. The summed E-state index contributed by atoms with van der Waals surface area (Å²) in [6.07, 6.45) is -2.48. The Kier molecular flexibility index (Phi) is 6.15. The van der Waals surface area contributed by atoms with Crippen molar-refractivity contribution in [3.63, 3.8) is 0 Å². The van der Waals surface area contributed by atoms with Gasteiger partial charge in [-0.15, -0.1) is 0 Å². The lowest BCUT2D eigenvalue weighted by Gasteiger charge is -2.18. The molecule has 0 radical (unpaired) electrons. The fourth-order valence-electron chi connectivity index (χ4n) is 1.62. The third kappa shape index (κ3) is 5.51. The Balaban J connectivity index is 2.55. The van der Waals surface area contributed by atoms with Gasteiger partial charge < -0.3 is 10.1 Å². The maximum Gasteiger partial charge on any atom is 0.416 e. The van der Waals surface area contributed by atoms with Gasteiger partial charge in [-0.3, -0.25) is 0 Å². The van der Waals surface area contributed by atoms with Crippen LogP contribution in [0.2, 0.25) is 0 Å². The molecule has 0 bridgehead atoms. The van der Waals surface area contributed by atoms with E-state index in [1.54, 1.807) is 0 Å². The van der Waals surface area contributed by atoms with Crippen molar-refractivity contribution < 1.29 is 17.9 Å². The highest BCUT2D eigenvalue weighted by atomic mass is 19.4. The van der Waals surface area contributed by atoms with Gasteiger partial charge in [0.1, 0.15) is 11.9 Å². The lowest BCUT2D eigenvalue weighted by atomic mass is 10.2. The first kappa shape index (κ1) is 15.8. The van der Waals surface area contributed by atoms with E-state index in [0.717, 1.165) is 31.5 Å². The van der Waals surface area contributed by atoms with Crippen LogP contribution in [0.3, 0.4) is 0 Å². The van der Waals surface area contributed by atoms with Gasteiger partial charge in [-0.05, 0) is 43.7 Å². The number of benzene rings is 1. The molecule has 1 aromatic carbocycles. The second kappa shape index (κ2) is 7.38. The molecule has 0 saturated carbocycles. The first-order chi connectivity index (χ1) is 8.97. The van der Waals surface area contributed by atoms with Crippen LogP contribution in [0.25, 0.3) is 0 Å². The minimum absolute atomic E-state index is 0.0247. The van der Waals surface area contributed by atoms with Crippen molar-refractivity contribution in [2.45, 2.75) is 39.0 Å². The quantitative estimate of drug-likeness (QED) is 0.763. The molecule has 0 aromatic heterocycles. The molecule has 0 spiro atoms. The number of halogens is 3. The maximum absolute atomic E-state index is 12.4. The summed E-state index contributed by atoms with van der Waals surface area (Å²) >= 11 is 0. The van der Waals surface area contributed by atoms with Crippen molar-refractivity contribution in [2.24, 2.45) is 0 Å². The van der Waals surface area contributed by atoms with E-state index in [4.69, 9.17) is 4.74 Å². The van der Waals surface area contributed by atoms with Crippen LogP contribution in [0.4, 0.5) is 13.2 Å². The number of rotatable bonds is 7. The molecular weight excluding hydrogens is 255 g/mol. The monoisotopic (exact) mass is 275 g/mol. The molecule has 1 aromatic rings. The van der Waals surface area contributed by atoms with Crippen LogP contribution in [0.5, 0.6) is 5.75 Å². The average molecular weight is 275 g/mol. The van der Waals surface area contributed by atoms with E-state index in [-0.39, 0.29) is 6.10 Å². The molecular formula is C14H20F3NO. The van der Waals surface area contributed by atoms with Crippen molar-refractivity contribution in [1.82, 2.24) is 5.32 Å². The van der Waals surface area contributed by atoms with Gasteiger partial charge in [0.2, 0.25) is 0 Å². The average Bonchev–Trinajstić information content (AvgIpc) is 2.37. The second-order valence-corrected chi connectivity index (χ2v) is 4.37. The molecule has 1 atom stereocenters. The van der Waals surface area contributed by atoms with Crippen LogP contribution >= 0.6 is 0 Å². The van der Waals surface area contributed by atoms with E-state index in [9.17, 15) is 13.2 Å². The third-order valence-corrected chi connectivity index (χ3v) is 2.74. The standard InChI is InChI=1S/C14H20F3NO/c1-3-9-18-10-12(4-2)19-13-7-5-11(6-8-13)14(15,16)17/h5-8,12,18H,3-4,9-10H2,1-2H3. The summed E-state index contributed by atoms with van der Waals surface area (Å²) in [6.45, 7) is 5.67. The number of alkyl halides is 3. The third-order valence-electron chi connectivity index (χ3n) is 2.74. The van der Waals surface area contributed by atoms with Gasteiger partial charge in [-0.2, -0.15) is 13.2 Å². The lowest BCUT2D eigenvalue weighted by molar-refractivity contribution is -0.137. The van der Waals surface area contributed by atoms with E-state index in [2.05, 4.69) is 12.2 Å². The molecule has 0 fully saturated rings. The Labute approximate surface area is 112 Å². The highest BCUT2D eigenvalue weighted by Gasteiger charge is 2.30. The summed E-state index contributed by atoms with van der Waals surface area (Å²) in [4.78, 5) is 0. The van der Waals surface area contributed by atoms with Gasteiger partial charge in [0.25, 0.3) is 0 Å². The summed E-state index contributed by atoms with van der Waals surface area (Å²) in [7, 11) is 0. The van der Waals surface area contributed by atoms with Crippen molar-refractivity contribution in [3.8, 4) is 5.75 Å². The number of hydrogen-bond acceptors (Lipinski definition) is 2. The van der Waals surface area contributed by atoms with E-state index in [1.165, 1.54) is 12.1 Å². The van der Waals surface area contributed by atoms with Crippen LogP contribution in [-0.2, 0) is 6.18 Å². The topological polar surface area (TPSA) is 21.3 Å². The highest BCUT2D eigenvalue weighted by Crippen LogP contribution is 2.30. The number of ether oxygens (including phenoxy) is 1. The van der Waals surface area contributed by atoms with Crippen molar-refractivity contribution >= 4 is 0 Å². The molecule has 0 aliphatic heterocycles. The molecule has 2 nitrogen and oxygen atoms in total. The molecule has 0 saturated heterocycles. The van der Waals surface area contributed by atoms with E-state index in [1.807, 2.05) is 6.92 Å². The van der Waals surface area contributed by atoms with Crippen LogP contribution in [0, 0.1) is 0 Å². The van der Waals surface area contributed by atoms with Gasteiger partial charge in [-0.25, -0.2) is 0 Å². The molecule has 1 rings (SSSR count). The first-order valence-corrected chi connectivity index (χ1v) is 6.52. The van der Waals surface area contributed by atoms with Gasteiger partial charge in [0, 0.05) is 6.54 Å². The summed E-state index contributed by atoms with van der Waals surface area (Å²) in [5, 5.41) is 3.24. The normalized spacial score (nSPS) is 13.3. The van der Waals surface area contributed by atoms with Crippen molar-refractivity contribution in [2.75, 3.05) is 13.1 Å². The van der Waals surface area contributed by atoms with Crippen molar-refractivity contribution in [3.05, 3.63) is 29.8 Å². The van der Waals surface area contributed by atoms with Gasteiger partial charge >= 0.3 is 6.18 Å². The summed E-state index contributed by atoms with van der Waals surface area (Å²) in [5.74, 6) is 0.471. The Morgan fingerprint density at radius 2 is 1.79 bits per heavy atom. The molecule has 108 valence electrons.